The van der Waals surface area contributed by atoms with Gasteiger partial charge in [-0.25, -0.2) is 0 Å². The molecule has 50 valence electrons. The Labute approximate surface area is 51.7 Å². The molecule has 0 rings (SSSR count). The normalized spacial score (nSPS) is 11.0. The second kappa shape index (κ2) is 2.81. The summed E-state index contributed by atoms with van der Waals surface area (Å²) >= 11 is 0. The van der Waals surface area contributed by atoms with Gasteiger partial charge in [-0.05, 0) is 6.92 Å². The number of carbonyl (C=O) groups excluding carboxylic acids is 1. The van der Waals surface area contributed by atoms with Gasteiger partial charge in [-0.1, -0.05) is 5.16 Å². The van der Waals surface area contributed by atoms with Crippen LogP contribution in [0.4, 0.5) is 0 Å². The molecule has 0 aliphatic heterocycles. The molecule has 0 bridgehead atoms. The molecule has 0 aromatic heterocycles. The fraction of sp³-hybridized carbons (Fsp3) is 0.250. The number of oxime groups is 1. The molecule has 0 heterocycles. The zero-order valence-electron chi connectivity index (χ0n) is 4.88. The van der Waals surface area contributed by atoms with Crippen LogP contribution in [0.5, 0.6) is 0 Å². The first-order valence-electron chi connectivity index (χ1n) is 2.17. The first-order valence-corrected chi connectivity index (χ1v) is 2.17. The Balaban J connectivity index is 4.38. The Hall–Kier alpha value is -1.39. The maximum atomic E-state index is 10.2. The van der Waals surface area contributed by atoms with Crippen molar-refractivity contribution >= 4 is 17.3 Å². The van der Waals surface area contributed by atoms with Crippen LogP contribution in [-0.2, 0) is 4.79 Å². The molecule has 4 N–H and O–H groups in total. The van der Waals surface area contributed by atoms with E-state index in [2.05, 4.69) is 10.9 Å². The zero-order valence-corrected chi connectivity index (χ0v) is 4.88. The molecule has 0 atom stereocenters. The third kappa shape index (κ3) is 1.89. The Morgan fingerprint density at radius 3 is 2.22 bits per heavy atom. The summed E-state index contributed by atoms with van der Waals surface area (Å²) in [4.78, 5) is 10.2. The highest BCUT2D eigenvalue weighted by Gasteiger charge is 2.08. The van der Waals surface area contributed by atoms with Crippen molar-refractivity contribution in [1.29, 1.82) is 5.41 Å². The zero-order chi connectivity index (χ0) is 7.44. The Kier molecular flexibility index (Phi) is 2.37. The molecule has 0 saturated heterocycles. The van der Waals surface area contributed by atoms with Crippen LogP contribution in [-0.4, -0.2) is 22.5 Å². The highest BCUT2D eigenvalue weighted by molar-refractivity contribution is 6.65. The van der Waals surface area contributed by atoms with Gasteiger partial charge in [-0.3, -0.25) is 4.79 Å². The number of nitrogens with two attached hydrogens (primary N) is 1. The molecule has 0 aromatic carbocycles. The van der Waals surface area contributed by atoms with Crippen LogP contribution in [0.25, 0.3) is 0 Å². The van der Waals surface area contributed by atoms with Gasteiger partial charge in [0, 0.05) is 0 Å². The van der Waals surface area contributed by atoms with Crippen molar-refractivity contribution in [3.8, 4) is 0 Å². The van der Waals surface area contributed by atoms with Gasteiger partial charge in [0.1, 0.15) is 0 Å². The lowest BCUT2D eigenvalue weighted by molar-refractivity contribution is -0.111. The molecule has 0 fully saturated rings. The molecular formula is C4H7N3O2. The van der Waals surface area contributed by atoms with Crippen LogP contribution in [0.2, 0.25) is 0 Å². The van der Waals surface area contributed by atoms with Crippen LogP contribution in [0.3, 0.4) is 0 Å². The van der Waals surface area contributed by atoms with Crippen LogP contribution >= 0.6 is 0 Å². The summed E-state index contributed by atoms with van der Waals surface area (Å²) in [6.45, 7) is 1.31. The van der Waals surface area contributed by atoms with E-state index in [9.17, 15) is 4.79 Å². The third-order valence-electron chi connectivity index (χ3n) is 0.689. The van der Waals surface area contributed by atoms with E-state index in [1.165, 1.54) is 6.92 Å². The van der Waals surface area contributed by atoms with Crippen molar-refractivity contribution in [2.75, 3.05) is 0 Å². The summed E-state index contributed by atoms with van der Waals surface area (Å²) in [5, 5.41) is 17.3. The summed E-state index contributed by atoms with van der Waals surface area (Å²) in [6, 6.07) is 0. The predicted octanol–water partition coefficient (Wildman–Crippen LogP) is -0.658. The van der Waals surface area contributed by atoms with Crippen LogP contribution < -0.4 is 5.73 Å². The van der Waals surface area contributed by atoms with Crippen LogP contribution in [0, 0.1) is 5.41 Å². The van der Waals surface area contributed by atoms with E-state index in [1.54, 1.807) is 0 Å². The minimum atomic E-state index is -0.898. The maximum Gasteiger partial charge on any atom is 0.272 e. The predicted molar refractivity (Wildman–Crippen MR) is 31.8 cm³/mol. The van der Waals surface area contributed by atoms with Crippen LogP contribution in [0.1, 0.15) is 6.92 Å². The fourth-order valence-corrected chi connectivity index (χ4v) is 0.309. The SMILES string of the molecule is CC(=N)/C(=N/O)C(N)=O. The fourth-order valence-electron chi connectivity index (χ4n) is 0.309. The highest BCUT2D eigenvalue weighted by Crippen LogP contribution is 1.77. The van der Waals surface area contributed by atoms with E-state index in [-0.39, 0.29) is 5.71 Å². The number of amides is 1. The number of carbonyl (C=O) groups is 1. The number of nitrogens with one attached hydrogen (secondary N) is 1. The molecule has 0 saturated carbocycles. The molecule has 0 aliphatic carbocycles. The molecule has 0 radical (unpaired) electrons. The summed E-state index contributed by atoms with van der Waals surface area (Å²) in [6.07, 6.45) is 0. The minimum Gasteiger partial charge on any atom is -0.410 e. The van der Waals surface area contributed by atoms with E-state index in [1.807, 2.05) is 0 Å². The Bertz CT molecular complexity index is 157. The highest BCUT2D eigenvalue weighted by atomic mass is 16.4. The summed E-state index contributed by atoms with van der Waals surface area (Å²) < 4.78 is 0. The molecule has 5 nitrogen and oxygen atoms in total. The molecule has 0 unspecified atom stereocenters. The van der Waals surface area contributed by atoms with Crippen molar-refractivity contribution in [2.45, 2.75) is 6.92 Å². The largest absolute Gasteiger partial charge is 0.410 e. The average Bonchev–Trinajstić information content (AvgIpc) is 1.64. The van der Waals surface area contributed by atoms with E-state index in [4.69, 9.17) is 10.6 Å². The van der Waals surface area contributed by atoms with Crippen LogP contribution in [0.15, 0.2) is 5.16 Å². The molecule has 0 spiro atoms. The molecule has 0 aliphatic rings. The number of primary amides is 1. The minimum absolute atomic E-state index is 0.148. The van der Waals surface area contributed by atoms with Crippen molar-refractivity contribution in [3.05, 3.63) is 0 Å². The molecule has 5 heteroatoms. The monoisotopic (exact) mass is 129 g/mol. The first-order chi connectivity index (χ1) is 4.09. The second-order valence-corrected chi connectivity index (χ2v) is 1.44. The Morgan fingerprint density at radius 1 is 1.78 bits per heavy atom. The van der Waals surface area contributed by atoms with E-state index < -0.39 is 11.6 Å². The summed E-state index contributed by atoms with van der Waals surface area (Å²) in [7, 11) is 0. The smallest absolute Gasteiger partial charge is 0.272 e. The average molecular weight is 129 g/mol. The quantitative estimate of drug-likeness (QED) is 0.262. The van der Waals surface area contributed by atoms with Gasteiger partial charge >= 0.3 is 0 Å². The lowest BCUT2D eigenvalue weighted by Crippen LogP contribution is -2.28. The standard InChI is InChI=1S/C4H7N3O2/c1-2(5)3(7-9)4(6)8/h5,9H,1H3,(H2,6,8)/b5-2?,7-3-. The number of nitrogens with zero attached hydrogens (tertiary/aromatic N) is 1. The number of hydrogen-bond acceptors (Lipinski definition) is 4. The summed E-state index contributed by atoms with van der Waals surface area (Å²) in [5.74, 6) is -0.898. The topological polar surface area (TPSA) is 99.5 Å². The van der Waals surface area contributed by atoms with Gasteiger partial charge in [0.2, 0.25) is 0 Å². The number of rotatable bonds is 2. The third-order valence-corrected chi connectivity index (χ3v) is 0.689. The van der Waals surface area contributed by atoms with Crippen molar-refractivity contribution in [2.24, 2.45) is 10.9 Å². The van der Waals surface area contributed by atoms with Gasteiger partial charge in [0.05, 0.1) is 5.71 Å². The Morgan fingerprint density at radius 2 is 2.22 bits per heavy atom. The summed E-state index contributed by atoms with van der Waals surface area (Å²) in [5.41, 5.74) is 4.12. The molecule has 1 amide bonds. The lowest BCUT2D eigenvalue weighted by atomic mass is 10.2. The maximum absolute atomic E-state index is 10.2. The number of hydrogen-bond donors (Lipinski definition) is 3. The second-order valence-electron chi connectivity index (χ2n) is 1.44. The molecule has 0 aromatic rings. The van der Waals surface area contributed by atoms with Gasteiger partial charge < -0.3 is 16.4 Å². The van der Waals surface area contributed by atoms with Gasteiger partial charge in [0.25, 0.3) is 5.91 Å². The van der Waals surface area contributed by atoms with Gasteiger partial charge in [0.15, 0.2) is 5.71 Å². The van der Waals surface area contributed by atoms with Crippen molar-refractivity contribution in [3.63, 3.8) is 0 Å². The van der Waals surface area contributed by atoms with Gasteiger partial charge in [-0.2, -0.15) is 0 Å². The van der Waals surface area contributed by atoms with E-state index >= 15 is 0 Å². The van der Waals surface area contributed by atoms with Crippen molar-refractivity contribution < 1.29 is 10.0 Å². The van der Waals surface area contributed by atoms with E-state index in [0.29, 0.717) is 0 Å². The lowest BCUT2D eigenvalue weighted by Gasteiger charge is -1.92. The van der Waals surface area contributed by atoms with Gasteiger partial charge in [-0.15, -0.1) is 0 Å². The van der Waals surface area contributed by atoms with Crippen molar-refractivity contribution in [1.82, 2.24) is 0 Å². The first kappa shape index (κ1) is 7.61. The molecular weight excluding hydrogens is 122 g/mol. The van der Waals surface area contributed by atoms with E-state index in [0.717, 1.165) is 0 Å². The molecule has 9 heavy (non-hydrogen) atoms.